The topological polar surface area (TPSA) is 49.3 Å². The Morgan fingerprint density at radius 3 is 2.69 bits per heavy atom. The van der Waals surface area contributed by atoms with Crippen LogP contribution in [0, 0.1) is 13.8 Å². The fourth-order valence-electron chi connectivity index (χ4n) is 5.01. The molecule has 0 radical (unpaired) electrons. The average molecular weight is 386 g/mol. The summed E-state index contributed by atoms with van der Waals surface area (Å²) in [4.78, 5) is 26.8. The second-order valence-corrected chi connectivity index (χ2v) is 8.49. The van der Waals surface area contributed by atoms with E-state index >= 15 is 0 Å². The molecular weight excluding hydrogens is 360 g/mol. The van der Waals surface area contributed by atoms with Crippen LogP contribution in [0.1, 0.15) is 40.7 Å². The summed E-state index contributed by atoms with van der Waals surface area (Å²) in [5.41, 5.74) is 4.03. The molecule has 2 saturated heterocycles. The zero-order valence-corrected chi connectivity index (χ0v) is 17.1. The van der Waals surface area contributed by atoms with Gasteiger partial charge in [-0.1, -0.05) is 29.8 Å². The molecule has 3 heterocycles. The number of rotatable bonds is 2. The van der Waals surface area contributed by atoms with E-state index in [1.54, 1.807) is 6.33 Å². The van der Waals surface area contributed by atoms with Crippen LogP contribution in [-0.2, 0) is 0 Å². The molecule has 2 aliphatic heterocycles. The number of likely N-dealkylation sites (tertiary alicyclic amines) is 1. The van der Waals surface area contributed by atoms with Crippen LogP contribution in [0.15, 0.2) is 48.8 Å². The lowest BCUT2D eigenvalue weighted by Crippen LogP contribution is -2.68. The van der Waals surface area contributed by atoms with E-state index in [0.717, 1.165) is 66.7 Å². The predicted octanol–water partition coefficient (Wildman–Crippen LogP) is 4.13. The first-order valence-corrected chi connectivity index (χ1v) is 10.4. The fourth-order valence-corrected chi connectivity index (χ4v) is 5.01. The van der Waals surface area contributed by atoms with Crippen LogP contribution in [0.3, 0.4) is 0 Å². The van der Waals surface area contributed by atoms with E-state index in [4.69, 9.17) is 0 Å². The second-order valence-electron chi connectivity index (χ2n) is 8.49. The van der Waals surface area contributed by atoms with Gasteiger partial charge in [0.05, 0.1) is 11.1 Å². The van der Waals surface area contributed by atoms with Gasteiger partial charge in [-0.25, -0.2) is 9.97 Å². The van der Waals surface area contributed by atoms with Crippen molar-refractivity contribution in [2.24, 2.45) is 0 Å². The molecule has 2 aliphatic rings. The van der Waals surface area contributed by atoms with Crippen molar-refractivity contribution in [1.82, 2.24) is 14.9 Å². The molecular formula is C24H26N4O. The summed E-state index contributed by atoms with van der Waals surface area (Å²) in [6, 6.07) is 14.3. The number of hydrogen-bond donors (Lipinski definition) is 0. The van der Waals surface area contributed by atoms with Gasteiger partial charge in [-0.05, 0) is 56.9 Å². The highest BCUT2D eigenvalue weighted by Crippen LogP contribution is 2.43. The summed E-state index contributed by atoms with van der Waals surface area (Å²) in [6.45, 7) is 6.66. The molecule has 2 aromatic carbocycles. The lowest BCUT2D eigenvalue weighted by molar-refractivity contribution is 0.0561. The minimum atomic E-state index is -0.0103. The van der Waals surface area contributed by atoms with Gasteiger partial charge in [-0.3, -0.25) is 4.79 Å². The zero-order chi connectivity index (χ0) is 20.0. The summed E-state index contributed by atoms with van der Waals surface area (Å²) in [5, 5.41) is 1.09. The molecule has 0 bridgehead atoms. The van der Waals surface area contributed by atoms with Crippen LogP contribution in [0.25, 0.3) is 10.9 Å². The van der Waals surface area contributed by atoms with E-state index in [1.165, 1.54) is 5.56 Å². The predicted molar refractivity (Wildman–Crippen MR) is 115 cm³/mol. The number of carbonyl (C=O) groups excluding carboxylic acids is 1. The Morgan fingerprint density at radius 2 is 1.90 bits per heavy atom. The van der Waals surface area contributed by atoms with Gasteiger partial charge >= 0.3 is 0 Å². The lowest BCUT2D eigenvalue weighted by atomic mass is 9.77. The first-order chi connectivity index (χ1) is 14.1. The number of nitrogens with zero attached hydrogens (tertiary/aromatic N) is 4. The van der Waals surface area contributed by atoms with E-state index in [2.05, 4.69) is 38.8 Å². The van der Waals surface area contributed by atoms with Gasteiger partial charge in [0, 0.05) is 30.6 Å². The molecule has 0 saturated carbocycles. The van der Waals surface area contributed by atoms with E-state index in [-0.39, 0.29) is 11.4 Å². The maximum absolute atomic E-state index is 13.3. The summed E-state index contributed by atoms with van der Waals surface area (Å²) in [7, 11) is 0. The minimum absolute atomic E-state index is 0.0103. The molecule has 5 rings (SSSR count). The molecule has 3 aromatic rings. The van der Waals surface area contributed by atoms with Gasteiger partial charge in [-0.2, -0.15) is 0 Å². The summed E-state index contributed by atoms with van der Waals surface area (Å²) >= 11 is 0. The normalized spacial score (nSPS) is 21.4. The molecule has 5 nitrogen and oxygen atoms in total. The van der Waals surface area contributed by atoms with Crippen LogP contribution < -0.4 is 4.90 Å². The molecule has 0 N–H and O–H groups in total. The molecule has 1 atom stereocenters. The van der Waals surface area contributed by atoms with Crippen molar-refractivity contribution in [3.8, 4) is 0 Å². The summed E-state index contributed by atoms with van der Waals surface area (Å²) < 4.78 is 0. The maximum atomic E-state index is 13.3. The Bertz CT molecular complexity index is 1090. The third kappa shape index (κ3) is 2.96. The molecule has 2 fully saturated rings. The Hall–Kier alpha value is -2.95. The van der Waals surface area contributed by atoms with Gasteiger partial charge < -0.3 is 9.80 Å². The summed E-state index contributed by atoms with van der Waals surface area (Å²) in [5.74, 6) is 1.16. The molecule has 5 heteroatoms. The largest absolute Gasteiger partial charge is 0.348 e. The Morgan fingerprint density at radius 1 is 1.03 bits per heavy atom. The van der Waals surface area contributed by atoms with Crippen molar-refractivity contribution in [3.05, 3.63) is 65.5 Å². The third-order valence-electron chi connectivity index (χ3n) is 6.61. The Balaban J connectivity index is 1.44. The molecule has 1 aromatic heterocycles. The molecule has 1 amide bonds. The van der Waals surface area contributed by atoms with E-state index in [9.17, 15) is 4.79 Å². The molecule has 1 spiro atoms. The van der Waals surface area contributed by atoms with E-state index in [0.29, 0.717) is 0 Å². The highest BCUT2D eigenvalue weighted by molar-refractivity contribution is 5.96. The van der Waals surface area contributed by atoms with Crippen molar-refractivity contribution < 1.29 is 4.79 Å². The zero-order valence-electron chi connectivity index (χ0n) is 17.1. The fraction of sp³-hybridized carbons (Fsp3) is 0.375. The number of fused-ring (bicyclic) bond motifs is 1. The van der Waals surface area contributed by atoms with Gasteiger partial charge in [0.1, 0.15) is 12.1 Å². The maximum Gasteiger partial charge on any atom is 0.254 e. The summed E-state index contributed by atoms with van der Waals surface area (Å²) in [6.07, 6.45) is 4.88. The minimum Gasteiger partial charge on any atom is -0.348 e. The van der Waals surface area contributed by atoms with E-state index in [1.807, 2.05) is 37.3 Å². The van der Waals surface area contributed by atoms with Crippen LogP contribution in [0.4, 0.5) is 5.82 Å². The standard InChI is InChI=1S/C24H26N4O/c1-17-8-9-19(18(2)14-17)23(29)27-12-5-10-24(15-27)11-13-28(24)22-20-6-3-4-7-21(20)25-16-26-22/h3-4,6-9,14,16H,5,10-13,15H2,1-2H3/t24-/m1/s1. The smallest absolute Gasteiger partial charge is 0.254 e. The molecule has 0 aliphatic carbocycles. The van der Waals surface area contributed by atoms with Crippen molar-refractivity contribution in [2.45, 2.75) is 38.6 Å². The third-order valence-corrected chi connectivity index (χ3v) is 6.61. The lowest BCUT2D eigenvalue weighted by Gasteiger charge is -2.57. The van der Waals surface area contributed by atoms with Crippen molar-refractivity contribution in [2.75, 3.05) is 24.5 Å². The number of carbonyl (C=O) groups is 1. The second kappa shape index (κ2) is 6.83. The number of hydrogen-bond acceptors (Lipinski definition) is 4. The van der Waals surface area contributed by atoms with Gasteiger partial charge in [0.15, 0.2) is 0 Å². The quantitative estimate of drug-likeness (QED) is 0.664. The number of anilines is 1. The Kier molecular flexibility index (Phi) is 4.26. The highest BCUT2D eigenvalue weighted by atomic mass is 16.2. The number of benzene rings is 2. The first kappa shape index (κ1) is 18.1. The number of amides is 1. The van der Waals surface area contributed by atoms with Gasteiger partial charge in [-0.15, -0.1) is 0 Å². The van der Waals surface area contributed by atoms with Crippen LogP contribution in [0.2, 0.25) is 0 Å². The number of para-hydroxylation sites is 1. The first-order valence-electron chi connectivity index (χ1n) is 10.4. The monoisotopic (exact) mass is 386 g/mol. The van der Waals surface area contributed by atoms with Crippen molar-refractivity contribution in [3.63, 3.8) is 0 Å². The number of aryl methyl sites for hydroxylation is 2. The van der Waals surface area contributed by atoms with Crippen molar-refractivity contribution in [1.29, 1.82) is 0 Å². The van der Waals surface area contributed by atoms with Crippen molar-refractivity contribution >= 4 is 22.6 Å². The van der Waals surface area contributed by atoms with Crippen LogP contribution in [-0.4, -0.2) is 45.9 Å². The van der Waals surface area contributed by atoms with Gasteiger partial charge in [0.25, 0.3) is 5.91 Å². The SMILES string of the molecule is Cc1ccc(C(=O)N2CCC[C@@]3(CCN3c3ncnc4ccccc34)C2)c(C)c1. The Labute approximate surface area is 171 Å². The highest BCUT2D eigenvalue weighted by Gasteiger charge is 2.49. The molecule has 0 unspecified atom stereocenters. The van der Waals surface area contributed by atoms with E-state index < -0.39 is 0 Å². The number of aromatic nitrogens is 2. The average Bonchev–Trinajstić information content (AvgIpc) is 2.73. The number of piperidine rings is 1. The van der Waals surface area contributed by atoms with Crippen LogP contribution >= 0.6 is 0 Å². The van der Waals surface area contributed by atoms with Gasteiger partial charge in [0.2, 0.25) is 0 Å². The molecule has 29 heavy (non-hydrogen) atoms. The van der Waals surface area contributed by atoms with Crippen LogP contribution in [0.5, 0.6) is 0 Å². The molecule has 148 valence electrons.